The van der Waals surface area contributed by atoms with Gasteiger partial charge in [-0.1, -0.05) is 65.5 Å². The fraction of sp³-hybridized carbons (Fsp3) is 0.581. The largest absolute Gasteiger partial charge is 1.00 e. The molecule has 0 N–H and O–H groups in total. The Labute approximate surface area is 467 Å². The van der Waals surface area contributed by atoms with Gasteiger partial charge in [-0.05, 0) is 147 Å². The highest BCUT2D eigenvalue weighted by Crippen LogP contribution is 2.50. The van der Waals surface area contributed by atoms with E-state index in [1.165, 1.54) is 154 Å². The van der Waals surface area contributed by atoms with E-state index in [1.807, 2.05) is 0 Å². The molecule has 4 aliphatic rings. The number of hydrogen-bond acceptors (Lipinski definition) is 0. The standard InChI is InChI=1S/C62H86N4.4BrH/c1-5-9-13-33-63-37-29-51-47(43-63)21-17-25-55(51)59-41-61(57-27-19-23-49-45-65(35-15-11-7-3)39-31-53(49)57)62(58-28-20-24-50-46-66(36-16-12-8-4)40-32-54(50)58)42-60(59)56-26-18-22-48-44-64(34-14-10-6-2)38-30-52(48)56;;;;/h29-32,37-46,55-58H,5-28,33-36H2,1-4H3;4*1H/q+4;;;;/p-4. The van der Waals surface area contributed by atoms with Gasteiger partial charge in [0.2, 0.25) is 0 Å². The first-order chi connectivity index (χ1) is 32.6. The Morgan fingerprint density at radius 2 is 0.557 bits per heavy atom. The van der Waals surface area contributed by atoms with Crippen LogP contribution in [0.15, 0.2) is 86.0 Å². The monoisotopic (exact) mass is 1200 g/mol. The van der Waals surface area contributed by atoms with Crippen molar-refractivity contribution in [2.75, 3.05) is 0 Å². The third-order valence-electron chi connectivity index (χ3n) is 16.7. The van der Waals surface area contributed by atoms with E-state index in [0.29, 0.717) is 23.7 Å². The van der Waals surface area contributed by atoms with Gasteiger partial charge >= 0.3 is 0 Å². The highest BCUT2D eigenvalue weighted by molar-refractivity contribution is 5.56. The molecule has 4 aromatic heterocycles. The Morgan fingerprint density at radius 1 is 0.329 bits per heavy atom. The summed E-state index contributed by atoms with van der Waals surface area (Å²) in [6.45, 7) is 13.8. The molecule has 4 heterocycles. The maximum atomic E-state index is 2.89. The van der Waals surface area contributed by atoms with Crippen molar-refractivity contribution in [1.82, 2.24) is 0 Å². The van der Waals surface area contributed by atoms with Crippen molar-refractivity contribution in [1.29, 1.82) is 0 Å². The molecule has 0 saturated carbocycles. The van der Waals surface area contributed by atoms with Gasteiger partial charge in [0.05, 0.1) is 0 Å². The van der Waals surface area contributed by atoms with Gasteiger partial charge in [0.1, 0.15) is 26.2 Å². The normalized spacial score (nSPS) is 18.9. The second kappa shape index (κ2) is 29.0. The first-order valence-electron chi connectivity index (χ1n) is 27.8. The molecular weight excluding hydrogens is 1120 g/mol. The third kappa shape index (κ3) is 13.7. The van der Waals surface area contributed by atoms with Crippen LogP contribution in [0.3, 0.4) is 0 Å². The van der Waals surface area contributed by atoms with Crippen LogP contribution in [0.1, 0.15) is 247 Å². The average Bonchev–Trinajstić information content (AvgIpc) is 3.35. The van der Waals surface area contributed by atoms with E-state index in [-0.39, 0.29) is 67.9 Å². The number of aromatic nitrogens is 4. The topological polar surface area (TPSA) is 15.5 Å². The molecule has 70 heavy (non-hydrogen) atoms. The van der Waals surface area contributed by atoms with Crippen molar-refractivity contribution in [2.45, 2.75) is 232 Å². The van der Waals surface area contributed by atoms with Crippen LogP contribution in [-0.2, 0) is 51.9 Å². The van der Waals surface area contributed by atoms with Crippen molar-refractivity contribution >= 4 is 0 Å². The minimum atomic E-state index is 0. The maximum absolute atomic E-state index is 2.89. The lowest BCUT2D eigenvalue weighted by Gasteiger charge is -2.36. The van der Waals surface area contributed by atoms with Crippen LogP contribution in [-0.4, -0.2) is 0 Å². The van der Waals surface area contributed by atoms with Crippen molar-refractivity contribution in [3.05, 3.63) is 153 Å². The second-order valence-electron chi connectivity index (χ2n) is 21.4. The molecule has 4 unspecified atom stereocenters. The van der Waals surface area contributed by atoms with E-state index in [0.717, 1.165) is 26.2 Å². The molecule has 0 saturated heterocycles. The van der Waals surface area contributed by atoms with E-state index in [1.54, 1.807) is 66.8 Å². The number of fused-ring (bicyclic) bond motifs is 4. The summed E-state index contributed by atoms with van der Waals surface area (Å²) < 4.78 is 10.1. The maximum Gasteiger partial charge on any atom is 0.172 e. The summed E-state index contributed by atoms with van der Waals surface area (Å²) in [7, 11) is 0. The fourth-order valence-corrected chi connectivity index (χ4v) is 13.1. The van der Waals surface area contributed by atoms with Gasteiger partial charge in [-0.25, -0.2) is 18.3 Å². The van der Waals surface area contributed by atoms with Crippen LogP contribution < -0.4 is 86.2 Å². The highest BCUT2D eigenvalue weighted by Gasteiger charge is 2.37. The number of benzene rings is 1. The number of hydrogen-bond donors (Lipinski definition) is 0. The molecule has 4 atom stereocenters. The van der Waals surface area contributed by atoms with Gasteiger partial charge in [-0.15, -0.1) is 0 Å². The number of halogens is 4. The summed E-state index contributed by atoms with van der Waals surface area (Å²) in [6.07, 6.45) is 50.2. The lowest BCUT2D eigenvalue weighted by Crippen LogP contribution is -3.00. The molecule has 9 rings (SSSR count). The average molecular weight is 1210 g/mol. The van der Waals surface area contributed by atoms with Gasteiger partial charge < -0.3 is 67.9 Å². The van der Waals surface area contributed by atoms with Crippen LogP contribution in [0.4, 0.5) is 0 Å². The van der Waals surface area contributed by atoms with Crippen molar-refractivity contribution in [3.8, 4) is 0 Å². The number of unbranched alkanes of at least 4 members (excludes halogenated alkanes) is 8. The van der Waals surface area contributed by atoms with Crippen LogP contribution in [0, 0.1) is 0 Å². The molecule has 4 nitrogen and oxygen atoms in total. The summed E-state index contributed by atoms with van der Waals surface area (Å²) in [4.78, 5) is 0. The Morgan fingerprint density at radius 3 is 0.771 bits per heavy atom. The fourth-order valence-electron chi connectivity index (χ4n) is 13.1. The summed E-state index contributed by atoms with van der Waals surface area (Å²) in [5.41, 5.74) is 19.5. The molecule has 0 radical (unpaired) electrons. The van der Waals surface area contributed by atoms with Crippen LogP contribution in [0.5, 0.6) is 0 Å². The highest BCUT2D eigenvalue weighted by atomic mass is 79.9. The minimum Gasteiger partial charge on any atom is -1.00 e. The summed E-state index contributed by atoms with van der Waals surface area (Å²) in [6, 6.07) is 16.0. The molecule has 1 aromatic carbocycles. The second-order valence-corrected chi connectivity index (χ2v) is 21.4. The predicted molar refractivity (Wildman–Crippen MR) is 270 cm³/mol. The smallest absolute Gasteiger partial charge is 0.172 e. The Bertz CT molecular complexity index is 2090. The molecule has 5 aromatic rings. The summed E-state index contributed by atoms with van der Waals surface area (Å²) in [5.74, 6) is 1.70. The minimum absolute atomic E-state index is 0. The SMILES string of the molecule is CCCCC[n+]1ccc2c(c1)CCCC2c1cc(C2CCCc3c[n+](CCCCC)ccc32)c(C2CCCc3c[n+](CCCCC)ccc32)cc1C1CCCc2c[n+](CCCCC)ccc21.[Br-].[Br-].[Br-].[Br-]. The van der Waals surface area contributed by atoms with Crippen molar-refractivity contribution in [2.24, 2.45) is 0 Å². The number of rotatable bonds is 20. The van der Waals surface area contributed by atoms with Crippen LogP contribution in [0.2, 0.25) is 0 Å². The molecule has 8 heteroatoms. The zero-order chi connectivity index (χ0) is 45.2. The molecule has 0 amide bonds. The lowest BCUT2D eigenvalue weighted by molar-refractivity contribution is -0.698. The van der Waals surface area contributed by atoms with E-state index in [2.05, 4.69) is 132 Å². The van der Waals surface area contributed by atoms with Crippen molar-refractivity contribution < 1.29 is 86.2 Å². The summed E-state index contributed by atoms with van der Waals surface area (Å²) >= 11 is 0. The zero-order valence-electron chi connectivity index (χ0n) is 43.5. The van der Waals surface area contributed by atoms with Gasteiger partial charge in [0.15, 0.2) is 49.6 Å². The first-order valence-corrected chi connectivity index (χ1v) is 27.8. The Kier molecular flexibility index (Phi) is 24.3. The molecule has 0 aliphatic heterocycles. The number of aryl methyl sites for hydroxylation is 8. The quantitative estimate of drug-likeness (QED) is 0.0832. The van der Waals surface area contributed by atoms with E-state index < -0.39 is 0 Å². The van der Waals surface area contributed by atoms with Crippen LogP contribution >= 0.6 is 0 Å². The molecule has 0 bridgehead atoms. The van der Waals surface area contributed by atoms with Gasteiger partial charge in [-0.3, -0.25) is 0 Å². The predicted octanol–water partition coefficient (Wildman–Crippen LogP) is 1.49. The molecule has 0 spiro atoms. The van der Waals surface area contributed by atoms with E-state index in [9.17, 15) is 0 Å². The zero-order valence-corrected chi connectivity index (χ0v) is 49.8. The van der Waals surface area contributed by atoms with Gasteiger partial charge in [0, 0.05) is 95.9 Å². The lowest BCUT2D eigenvalue weighted by atomic mass is 9.67. The third-order valence-corrected chi connectivity index (χ3v) is 16.7. The molecule has 4 aliphatic carbocycles. The Balaban J connectivity index is 0.00000228. The Hall–Kier alpha value is -2.26. The molecular formula is C62H86Br4N4. The van der Waals surface area contributed by atoms with Gasteiger partial charge in [-0.2, -0.15) is 0 Å². The van der Waals surface area contributed by atoms with Crippen LogP contribution in [0.25, 0.3) is 0 Å². The molecule has 0 fully saturated rings. The van der Waals surface area contributed by atoms with Crippen molar-refractivity contribution in [3.63, 3.8) is 0 Å². The first kappa shape index (κ1) is 58.6. The summed E-state index contributed by atoms with van der Waals surface area (Å²) in [5, 5.41) is 0. The van der Waals surface area contributed by atoms with Gasteiger partial charge in [0.25, 0.3) is 0 Å². The molecule has 382 valence electrons. The van der Waals surface area contributed by atoms with E-state index in [4.69, 9.17) is 0 Å². The van der Waals surface area contributed by atoms with E-state index >= 15 is 0 Å². The number of nitrogens with zero attached hydrogens (tertiary/aromatic N) is 4. The number of pyridine rings is 4.